The van der Waals surface area contributed by atoms with Gasteiger partial charge in [0.05, 0.1) is 12.7 Å². The predicted molar refractivity (Wildman–Crippen MR) is 79.9 cm³/mol. The number of ether oxygens (including phenoxy) is 1. The van der Waals surface area contributed by atoms with Gasteiger partial charge in [-0.3, -0.25) is 0 Å². The van der Waals surface area contributed by atoms with E-state index in [1.165, 1.54) is 12.1 Å². The molecule has 0 spiro atoms. The standard InChI is InChI=1S/C16H15ClO3/c1-9-4-6-13(15(20-3)10(9)2)12-7-5-11(16(18)19)8-14(12)17/h4-8H,1-3H3,(H,18,19). The van der Waals surface area contributed by atoms with Gasteiger partial charge in [0.25, 0.3) is 0 Å². The quantitative estimate of drug-likeness (QED) is 0.915. The van der Waals surface area contributed by atoms with Gasteiger partial charge in [0.2, 0.25) is 0 Å². The van der Waals surface area contributed by atoms with Crippen molar-refractivity contribution in [2.75, 3.05) is 7.11 Å². The van der Waals surface area contributed by atoms with Gasteiger partial charge in [-0.25, -0.2) is 4.79 Å². The van der Waals surface area contributed by atoms with E-state index in [1.807, 2.05) is 26.0 Å². The Balaban J connectivity index is 2.63. The van der Waals surface area contributed by atoms with Crippen molar-refractivity contribution in [2.45, 2.75) is 13.8 Å². The number of aromatic carboxylic acids is 1. The van der Waals surface area contributed by atoms with Crippen LogP contribution in [0, 0.1) is 13.8 Å². The lowest BCUT2D eigenvalue weighted by molar-refractivity contribution is 0.0697. The highest BCUT2D eigenvalue weighted by Gasteiger charge is 2.14. The first-order chi connectivity index (χ1) is 9.45. The minimum atomic E-state index is -0.995. The van der Waals surface area contributed by atoms with Gasteiger partial charge in [-0.2, -0.15) is 0 Å². The number of hydrogen-bond donors (Lipinski definition) is 1. The summed E-state index contributed by atoms with van der Waals surface area (Å²) in [5.74, 6) is -0.236. The molecule has 0 saturated heterocycles. The smallest absolute Gasteiger partial charge is 0.335 e. The highest BCUT2D eigenvalue weighted by molar-refractivity contribution is 6.33. The van der Waals surface area contributed by atoms with Gasteiger partial charge in [-0.1, -0.05) is 29.8 Å². The fourth-order valence-corrected chi connectivity index (χ4v) is 2.41. The van der Waals surface area contributed by atoms with Gasteiger partial charge in [-0.15, -0.1) is 0 Å². The molecule has 2 rings (SSSR count). The number of hydrogen-bond acceptors (Lipinski definition) is 2. The van der Waals surface area contributed by atoms with Crippen LogP contribution in [0.1, 0.15) is 21.5 Å². The van der Waals surface area contributed by atoms with Crippen molar-refractivity contribution in [3.05, 3.63) is 52.0 Å². The highest BCUT2D eigenvalue weighted by Crippen LogP contribution is 2.38. The molecule has 0 bridgehead atoms. The highest BCUT2D eigenvalue weighted by atomic mass is 35.5. The number of rotatable bonds is 3. The third kappa shape index (κ3) is 2.49. The second-order valence-electron chi connectivity index (χ2n) is 4.59. The Morgan fingerprint density at radius 3 is 2.35 bits per heavy atom. The van der Waals surface area contributed by atoms with Crippen molar-refractivity contribution in [3.8, 4) is 16.9 Å². The molecule has 0 heterocycles. The first-order valence-electron chi connectivity index (χ1n) is 6.13. The summed E-state index contributed by atoms with van der Waals surface area (Å²) >= 11 is 6.21. The third-order valence-electron chi connectivity index (χ3n) is 3.39. The zero-order valence-corrected chi connectivity index (χ0v) is 12.3. The molecule has 1 N–H and O–H groups in total. The zero-order chi connectivity index (χ0) is 14.9. The van der Waals surface area contributed by atoms with E-state index < -0.39 is 5.97 Å². The van der Waals surface area contributed by atoms with Crippen molar-refractivity contribution in [1.82, 2.24) is 0 Å². The van der Waals surface area contributed by atoms with Crippen LogP contribution in [0.5, 0.6) is 5.75 Å². The lowest BCUT2D eigenvalue weighted by Gasteiger charge is -2.15. The number of methoxy groups -OCH3 is 1. The summed E-state index contributed by atoms with van der Waals surface area (Å²) in [4.78, 5) is 10.9. The molecule has 0 aliphatic carbocycles. The molecule has 20 heavy (non-hydrogen) atoms. The minimum Gasteiger partial charge on any atom is -0.496 e. The zero-order valence-electron chi connectivity index (χ0n) is 11.5. The molecule has 0 unspecified atom stereocenters. The second-order valence-corrected chi connectivity index (χ2v) is 5.00. The molecule has 3 nitrogen and oxygen atoms in total. The maximum atomic E-state index is 10.9. The molecule has 0 fully saturated rings. The molecule has 2 aromatic rings. The van der Waals surface area contributed by atoms with Gasteiger partial charge in [-0.05, 0) is 37.1 Å². The molecular weight excluding hydrogens is 276 g/mol. The van der Waals surface area contributed by atoms with E-state index in [0.29, 0.717) is 5.02 Å². The van der Waals surface area contributed by atoms with Crippen LogP contribution >= 0.6 is 11.6 Å². The fraction of sp³-hybridized carbons (Fsp3) is 0.188. The maximum absolute atomic E-state index is 10.9. The van der Waals surface area contributed by atoms with Crippen LogP contribution in [-0.2, 0) is 0 Å². The fourth-order valence-electron chi connectivity index (χ4n) is 2.13. The first-order valence-corrected chi connectivity index (χ1v) is 6.51. The summed E-state index contributed by atoms with van der Waals surface area (Å²) < 4.78 is 5.47. The molecule has 2 aromatic carbocycles. The Morgan fingerprint density at radius 1 is 1.15 bits per heavy atom. The number of carboxylic acid groups (broad SMARTS) is 1. The lowest BCUT2D eigenvalue weighted by atomic mass is 9.98. The van der Waals surface area contributed by atoms with E-state index in [0.717, 1.165) is 28.0 Å². The Kier molecular flexibility index (Phi) is 4.00. The van der Waals surface area contributed by atoms with Crippen LogP contribution in [0.25, 0.3) is 11.1 Å². The predicted octanol–water partition coefficient (Wildman–Crippen LogP) is 4.33. The van der Waals surface area contributed by atoms with Gasteiger partial charge >= 0.3 is 5.97 Å². The molecule has 104 valence electrons. The number of carboxylic acids is 1. The van der Waals surface area contributed by atoms with Crippen LogP contribution in [0.4, 0.5) is 0 Å². The molecule has 0 saturated carbocycles. The molecule has 0 atom stereocenters. The monoisotopic (exact) mass is 290 g/mol. The van der Waals surface area contributed by atoms with E-state index >= 15 is 0 Å². The summed E-state index contributed by atoms with van der Waals surface area (Å²) in [5.41, 5.74) is 3.96. The molecule has 0 radical (unpaired) electrons. The molecule has 0 aliphatic rings. The van der Waals surface area contributed by atoms with Gasteiger partial charge < -0.3 is 9.84 Å². The first kappa shape index (κ1) is 14.4. The number of aryl methyl sites for hydroxylation is 1. The summed E-state index contributed by atoms with van der Waals surface area (Å²) in [6, 6.07) is 8.63. The van der Waals surface area contributed by atoms with Crippen LogP contribution in [0.2, 0.25) is 5.02 Å². The molecule has 4 heteroatoms. The van der Waals surface area contributed by atoms with Crippen molar-refractivity contribution in [3.63, 3.8) is 0 Å². The van der Waals surface area contributed by atoms with Crippen LogP contribution in [0.3, 0.4) is 0 Å². The van der Waals surface area contributed by atoms with E-state index in [1.54, 1.807) is 13.2 Å². The summed E-state index contributed by atoms with van der Waals surface area (Å²) in [6.07, 6.45) is 0. The van der Waals surface area contributed by atoms with E-state index in [2.05, 4.69) is 0 Å². The number of carbonyl (C=O) groups is 1. The van der Waals surface area contributed by atoms with E-state index in [4.69, 9.17) is 21.4 Å². The normalized spacial score (nSPS) is 10.4. The van der Waals surface area contributed by atoms with Gasteiger partial charge in [0, 0.05) is 16.1 Å². The van der Waals surface area contributed by atoms with Crippen molar-refractivity contribution >= 4 is 17.6 Å². The van der Waals surface area contributed by atoms with Crippen LogP contribution in [0.15, 0.2) is 30.3 Å². The summed E-state index contributed by atoms with van der Waals surface area (Å²) in [7, 11) is 1.62. The summed E-state index contributed by atoms with van der Waals surface area (Å²) in [5, 5.41) is 9.36. The molecule has 0 aliphatic heterocycles. The van der Waals surface area contributed by atoms with Crippen molar-refractivity contribution in [2.24, 2.45) is 0 Å². The topological polar surface area (TPSA) is 46.5 Å². The molecule has 0 amide bonds. The molecular formula is C16H15ClO3. The Morgan fingerprint density at radius 2 is 1.80 bits per heavy atom. The lowest BCUT2D eigenvalue weighted by Crippen LogP contribution is -1.97. The van der Waals surface area contributed by atoms with E-state index in [-0.39, 0.29) is 5.56 Å². The third-order valence-corrected chi connectivity index (χ3v) is 3.70. The van der Waals surface area contributed by atoms with Crippen LogP contribution in [-0.4, -0.2) is 18.2 Å². The van der Waals surface area contributed by atoms with Crippen molar-refractivity contribution < 1.29 is 14.6 Å². The summed E-state index contributed by atoms with van der Waals surface area (Å²) in [6.45, 7) is 3.99. The second kappa shape index (κ2) is 5.55. The average molecular weight is 291 g/mol. The Bertz CT molecular complexity index is 678. The van der Waals surface area contributed by atoms with Crippen LogP contribution < -0.4 is 4.74 Å². The van der Waals surface area contributed by atoms with Gasteiger partial charge in [0.1, 0.15) is 5.75 Å². The SMILES string of the molecule is COc1c(-c2ccc(C(=O)O)cc2Cl)ccc(C)c1C. The van der Waals surface area contributed by atoms with Crippen molar-refractivity contribution in [1.29, 1.82) is 0 Å². The Hall–Kier alpha value is -2.00. The largest absolute Gasteiger partial charge is 0.496 e. The molecule has 0 aromatic heterocycles. The van der Waals surface area contributed by atoms with E-state index in [9.17, 15) is 4.79 Å². The Labute approximate surface area is 122 Å². The maximum Gasteiger partial charge on any atom is 0.335 e. The minimum absolute atomic E-state index is 0.168. The average Bonchev–Trinajstić information content (AvgIpc) is 2.41. The number of benzene rings is 2. The van der Waals surface area contributed by atoms with Gasteiger partial charge in [0.15, 0.2) is 0 Å². The number of halogens is 1.